The lowest BCUT2D eigenvalue weighted by atomic mass is 9.70. The fourth-order valence-electron chi connectivity index (χ4n) is 13.4. The highest BCUT2D eigenvalue weighted by molar-refractivity contribution is 7.25. The number of hydrogen-bond donors (Lipinski definition) is 0. The third-order valence-electron chi connectivity index (χ3n) is 17.1. The van der Waals surface area contributed by atoms with E-state index in [1.165, 1.54) is 187 Å². The van der Waals surface area contributed by atoms with Crippen LogP contribution >= 0.6 is 11.3 Å². The first-order chi connectivity index (χ1) is 37.0. The largest absolute Gasteiger partial charge is 0.309 e. The normalized spacial score (nSPS) is 12.9. The molecule has 75 heavy (non-hydrogen) atoms. The molecule has 368 valence electrons. The van der Waals surface area contributed by atoms with Crippen molar-refractivity contribution < 1.29 is 0 Å². The summed E-state index contributed by atoms with van der Waals surface area (Å²) in [7, 11) is 0. The molecule has 0 spiro atoms. The Morgan fingerprint density at radius 3 is 1.35 bits per heavy atom. The van der Waals surface area contributed by atoms with Crippen molar-refractivity contribution in [2.45, 2.75) is 97.3 Å². The first-order valence-electron chi connectivity index (χ1n) is 27.9. The van der Waals surface area contributed by atoms with Crippen LogP contribution in [0.2, 0.25) is 0 Å². The first kappa shape index (κ1) is 47.2. The van der Waals surface area contributed by atoms with Gasteiger partial charge < -0.3 is 4.90 Å². The van der Waals surface area contributed by atoms with E-state index in [9.17, 15) is 0 Å². The van der Waals surface area contributed by atoms with Gasteiger partial charge in [-0.25, -0.2) is 0 Å². The van der Waals surface area contributed by atoms with Gasteiger partial charge in [-0.3, -0.25) is 0 Å². The van der Waals surface area contributed by atoms with E-state index in [-0.39, 0.29) is 5.41 Å². The van der Waals surface area contributed by atoms with Crippen LogP contribution in [0.1, 0.15) is 100 Å². The molecule has 12 aromatic rings. The van der Waals surface area contributed by atoms with E-state index in [0.29, 0.717) is 0 Å². The Kier molecular flexibility index (Phi) is 12.4. The number of hydrogen-bond acceptors (Lipinski definition) is 2. The van der Waals surface area contributed by atoms with E-state index in [1.54, 1.807) is 0 Å². The van der Waals surface area contributed by atoms with Crippen LogP contribution in [0.4, 0.5) is 17.1 Å². The summed E-state index contributed by atoms with van der Waals surface area (Å²) in [4.78, 5) is 2.59. The molecule has 0 unspecified atom stereocenters. The lowest BCUT2D eigenvalue weighted by molar-refractivity contribution is 0.401. The second kappa shape index (κ2) is 19.6. The molecule has 1 nitrogen and oxygen atoms in total. The molecule has 0 saturated carbocycles. The van der Waals surface area contributed by atoms with Crippen molar-refractivity contribution in [3.8, 4) is 33.4 Å². The summed E-state index contributed by atoms with van der Waals surface area (Å²) >= 11 is 1.89. The first-order valence-corrected chi connectivity index (χ1v) is 28.7. The second-order valence-electron chi connectivity index (χ2n) is 21.6. The Balaban J connectivity index is 1.03. The van der Waals surface area contributed by atoms with Gasteiger partial charge in [0.2, 0.25) is 0 Å². The van der Waals surface area contributed by atoms with Gasteiger partial charge in [0.25, 0.3) is 0 Å². The molecule has 1 aliphatic rings. The van der Waals surface area contributed by atoms with Gasteiger partial charge in [0, 0.05) is 42.0 Å². The molecule has 0 saturated heterocycles. The fraction of sp³-hybridized carbons (Fsp3) is 0.205. The number of nitrogens with zero attached hydrogens (tertiary/aromatic N) is 1. The standard InChI is InChI=1S/C73H65NS/c1-5-7-9-21-43-73(44-22-10-8-6-2)65-46-51(72-62-30-17-15-28-60(62)71(61-29-16-18-31-63(61)72)50-36-42-70-64(45-50)59-27-19-20-32-69(59)75-70)35-38-55(65)56-39-37-52(47-66(56)73)74(67-40-33-48(3)53-23-11-13-25-57(53)67)68-41-34-49(4)54-24-12-14-26-58(54)68/h11-20,23-42,45-47H,5-10,21-22,43-44H2,1-4H3. The molecule has 0 atom stereocenters. The van der Waals surface area contributed by atoms with Crippen LogP contribution in [0.5, 0.6) is 0 Å². The van der Waals surface area contributed by atoms with Crippen molar-refractivity contribution in [1.29, 1.82) is 0 Å². The number of benzene rings is 11. The van der Waals surface area contributed by atoms with Gasteiger partial charge >= 0.3 is 0 Å². The van der Waals surface area contributed by atoms with E-state index < -0.39 is 0 Å². The number of rotatable bonds is 15. The van der Waals surface area contributed by atoms with Crippen molar-refractivity contribution in [2.75, 3.05) is 4.90 Å². The predicted octanol–water partition coefficient (Wildman–Crippen LogP) is 22.3. The maximum absolute atomic E-state index is 2.67. The number of fused-ring (bicyclic) bond motifs is 10. The molecular weight excluding hydrogens is 923 g/mol. The minimum absolute atomic E-state index is 0.154. The Hall–Kier alpha value is -7.52. The molecular formula is C73H65NS. The summed E-state index contributed by atoms with van der Waals surface area (Å²) < 4.78 is 2.68. The van der Waals surface area contributed by atoms with Crippen LogP contribution < -0.4 is 4.90 Å². The Bertz CT molecular complexity index is 4000. The monoisotopic (exact) mass is 987 g/mol. The molecule has 1 aromatic heterocycles. The zero-order valence-electron chi connectivity index (χ0n) is 44.0. The van der Waals surface area contributed by atoms with Gasteiger partial charge in [0.15, 0.2) is 0 Å². The molecule has 1 heterocycles. The molecule has 0 aliphatic heterocycles. The minimum Gasteiger partial charge on any atom is -0.309 e. The van der Waals surface area contributed by atoms with Crippen molar-refractivity contribution >= 4 is 91.7 Å². The Labute approximate surface area is 447 Å². The lowest BCUT2D eigenvalue weighted by Gasteiger charge is -2.35. The van der Waals surface area contributed by atoms with Gasteiger partial charge in [0.1, 0.15) is 0 Å². The van der Waals surface area contributed by atoms with Crippen molar-refractivity contribution in [3.05, 3.63) is 222 Å². The predicted molar refractivity (Wildman–Crippen MR) is 328 cm³/mol. The van der Waals surface area contributed by atoms with Crippen LogP contribution in [0.15, 0.2) is 200 Å². The average Bonchev–Trinajstić information content (AvgIpc) is 4.03. The lowest BCUT2D eigenvalue weighted by Crippen LogP contribution is -2.26. The minimum atomic E-state index is -0.154. The summed E-state index contributed by atoms with van der Waals surface area (Å²) in [5.74, 6) is 0. The van der Waals surface area contributed by atoms with Gasteiger partial charge in [-0.05, 0) is 163 Å². The summed E-state index contributed by atoms with van der Waals surface area (Å²) in [5, 5.41) is 13.0. The van der Waals surface area contributed by atoms with E-state index in [1.807, 2.05) is 11.3 Å². The molecule has 1 aliphatic carbocycles. The molecule has 0 radical (unpaired) electrons. The smallest absolute Gasteiger partial charge is 0.0540 e. The van der Waals surface area contributed by atoms with Crippen LogP contribution in [0.25, 0.3) is 96.6 Å². The summed E-state index contributed by atoms with van der Waals surface area (Å²) in [5.41, 5.74) is 17.1. The molecule has 2 heteroatoms. The number of aryl methyl sites for hydroxylation is 2. The fourth-order valence-corrected chi connectivity index (χ4v) is 14.5. The second-order valence-corrected chi connectivity index (χ2v) is 22.7. The average molecular weight is 988 g/mol. The zero-order valence-corrected chi connectivity index (χ0v) is 44.8. The summed E-state index contributed by atoms with van der Waals surface area (Å²) in [6, 6.07) is 77.1. The third-order valence-corrected chi connectivity index (χ3v) is 18.3. The molecule has 11 aromatic carbocycles. The maximum atomic E-state index is 2.67. The molecule has 0 bridgehead atoms. The number of thiophene rings is 1. The SMILES string of the molecule is CCCCCCC1(CCCCCC)c2cc(-c3c4ccccc4c(-c4ccc5sc6ccccc6c5c4)c4ccccc34)ccc2-c2ccc(N(c3ccc(C)c4ccccc34)c3ccc(C)c4ccccc34)cc21. The highest BCUT2D eigenvalue weighted by Crippen LogP contribution is 2.58. The van der Waals surface area contributed by atoms with Gasteiger partial charge in [-0.1, -0.05) is 217 Å². The number of unbranched alkanes of at least 4 members (excludes halogenated alkanes) is 6. The van der Waals surface area contributed by atoms with Crippen LogP contribution in [0, 0.1) is 13.8 Å². The van der Waals surface area contributed by atoms with Crippen LogP contribution in [0.3, 0.4) is 0 Å². The molecule has 13 rings (SSSR count). The van der Waals surface area contributed by atoms with E-state index in [4.69, 9.17) is 0 Å². The zero-order chi connectivity index (χ0) is 50.6. The Morgan fingerprint density at radius 1 is 0.360 bits per heavy atom. The highest BCUT2D eigenvalue weighted by Gasteiger charge is 2.43. The van der Waals surface area contributed by atoms with Gasteiger partial charge in [0.05, 0.1) is 11.4 Å². The number of anilines is 3. The van der Waals surface area contributed by atoms with E-state index in [0.717, 1.165) is 12.8 Å². The molecule has 0 fully saturated rings. The Morgan fingerprint density at radius 2 is 0.800 bits per heavy atom. The van der Waals surface area contributed by atoms with Crippen LogP contribution in [-0.2, 0) is 5.41 Å². The summed E-state index contributed by atoms with van der Waals surface area (Å²) in [6.45, 7) is 9.19. The van der Waals surface area contributed by atoms with E-state index in [2.05, 4.69) is 233 Å². The maximum Gasteiger partial charge on any atom is 0.0540 e. The van der Waals surface area contributed by atoms with Crippen molar-refractivity contribution in [1.82, 2.24) is 0 Å². The molecule has 0 amide bonds. The van der Waals surface area contributed by atoms with Gasteiger partial charge in [-0.2, -0.15) is 0 Å². The summed E-state index contributed by atoms with van der Waals surface area (Å²) in [6.07, 6.45) is 12.1. The van der Waals surface area contributed by atoms with Gasteiger partial charge in [-0.15, -0.1) is 11.3 Å². The van der Waals surface area contributed by atoms with E-state index >= 15 is 0 Å². The van der Waals surface area contributed by atoms with Crippen LogP contribution in [-0.4, -0.2) is 0 Å². The quantitative estimate of drug-likeness (QED) is 0.0731. The van der Waals surface area contributed by atoms with Crippen molar-refractivity contribution in [3.63, 3.8) is 0 Å². The topological polar surface area (TPSA) is 3.24 Å². The third kappa shape index (κ3) is 7.95. The highest BCUT2D eigenvalue weighted by atomic mass is 32.1. The molecule has 0 N–H and O–H groups in total. The van der Waals surface area contributed by atoms with Crippen molar-refractivity contribution in [2.24, 2.45) is 0 Å².